The second kappa shape index (κ2) is 5.88. The van der Waals surface area contributed by atoms with Crippen molar-refractivity contribution >= 4 is 5.69 Å². The lowest BCUT2D eigenvalue weighted by Gasteiger charge is -2.07. The van der Waals surface area contributed by atoms with Gasteiger partial charge in [-0.05, 0) is 30.3 Å². The SMILES string of the molecule is N#Cc1cccc(NCc2cn[nH]c2-c2cccnc2)c1. The Morgan fingerprint density at radius 1 is 1.19 bits per heavy atom. The van der Waals surface area contributed by atoms with E-state index in [9.17, 15) is 0 Å². The number of H-pyrrole nitrogens is 1. The van der Waals surface area contributed by atoms with Gasteiger partial charge in [-0.1, -0.05) is 6.07 Å². The van der Waals surface area contributed by atoms with Gasteiger partial charge in [-0.2, -0.15) is 10.4 Å². The number of aromatic amines is 1. The minimum absolute atomic E-state index is 0.621. The van der Waals surface area contributed by atoms with E-state index in [1.165, 1.54) is 0 Å². The van der Waals surface area contributed by atoms with Gasteiger partial charge in [0.2, 0.25) is 0 Å². The topological polar surface area (TPSA) is 77.4 Å². The van der Waals surface area contributed by atoms with Crippen LogP contribution in [0, 0.1) is 11.3 Å². The molecule has 0 fully saturated rings. The van der Waals surface area contributed by atoms with Gasteiger partial charge in [0.1, 0.15) is 0 Å². The van der Waals surface area contributed by atoms with Crippen molar-refractivity contribution < 1.29 is 0 Å². The third kappa shape index (κ3) is 2.90. The third-order valence-electron chi connectivity index (χ3n) is 3.14. The fourth-order valence-corrected chi connectivity index (χ4v) is 2.10. The largest absolute Gasteiger partial charge is 0.381 e. The van der Waals surface area contributed by atoms with Gasteiger partial charge in [-0.3, -0.25) is 10.1 Å². The number of anilines is 1. The van der Waals surface area contributed by atoms with Crippen LogP contribution in [0.2, 0.25) is 0 Å². The number of hydrogen-bond donors (Lipinski definition) is 2. The highest BCUT2D eigenvalue weighted by Gasteiger charge is 2.07. The number of nitrogens with zero attached hydrogens (tertiary/aromatic N) is 3. The Balaban J connectivity index is 1.78. The normalized spacial score (nSPS) is 10.0. The molecule has 0 bridgehead atoms. The van der Waals surface area contributed by atoms with Crippen LogP contribution in [0.1, 0.15) is 11.1 Å². The van der Waals surface area contributed by atoms with E-state index >= 15 is 0 Å². The predicted molar refractivity (Wildman–Crippen MR) is 80.3 cm³/mol. The molecule has 0 aliphatic heterocycles. The van der Waals surface area contributed by atoms with E-state index in [2.05, 4.69) is 26.6 Å². The molecule has 0 saturated heterocycles. The van der Waals surface area contributed by atoms with E-state index in [-0.39, 0.29) is 0 Å². The first-order valence-corrected chi connectivity index (χ1v) is 6.53. The van der Waals surface area contributed by atoms with Crippen LogP contribution in [0.3, 0.4) is 0 Å². The standard InChI is InChI=1S/C16H13N5/c17-8-12-3-1-5-15(7-12)19-10-14-11-20-21-16(14)13-4-2-6-18-9-13/h1-7,9,11,19H,10H2,(H,20,21). The molecule has 0 spiro atoms. The summed E-state index contributed by atoms with van der Waals surface area (Å²) in [6.45, 7) is 0.621. The molecular weight excluding hydrogens is 262 g/mol. The minimum atomic E-state index is 0.621. The van der Waals surface area contributed by atoms with Gasteiger partial charge in [0.25, 0.3) is 0 Å². The van der Waals surface area contributed by atoms with Gasteiger partial charge < -0.3 is 5.32 Å². The Labute approximate surface area is 122 Å². The number of pyridine rings is 1. The molecule has 5 nitrogen and oxygen atoms in total. The zero-order valence-electron chi connectivity index (χ0n) is 11.2. The van der Waals surface area contributed by atoms with Crippen molar-refractivity contribution in [1.29, 1.82) is 5.26 Å². The van der Waals surface area contributed by atoms with E-state index in [0.717, 1.165) is 22.5 Å². The van der Waals surface area contributed by atoms with Crippen molar-refractivity contribution in [2.24, 2.45) is 0 Å². The van der Waals surface area contributed by atoms with Crippen LogP contribution in [0.15, 0.2) is 55.0 Å². The van der Waals surface area contributed by atoms with Gasteiger partial charge in [0, 0.05) is 35.8 Å². The molecule has 0 aliphatic carbocycles. The van der Waals surface area contributed by atoms with Crippen molar-refractivity contribution in [2.45, 2.75) is 6.54 Å². The molecule has 2 aromatic heterocycles. The maximum absolute atomic E-state index is 8.91. The molecule has 102 valence electrons. The van der Waals surface area contributed by atoms with Crippen LogP contribution >= 0.6 is 0 Å². The molecule has 0 atom stereocenters. The number of benzene rings is 1. The average Bonchev–Trinajstić information content (AvgIpc) is 3.02. The second-order valence-corrected chi connectivity index (χ2v) is 4.56. The van der Waals surface area contributed by atoms with Crippen molar-refractivity contribution in [3.05, 3.63) is 66.1 Å². The highest BCUT2D eigenvalue weighted by atomic mass is 15.1. The van der Waals surface area contributed by atoms with Crippen molar-refractivity contribution in [3.63, 3.8) is 0 Å². The minimum Gasteiger partial charge on any atom is -0.381 e. The Morgan fingerprint density at radius 2 is 2.14 bits per heavy atom. The molecular formula is C16H13N5. The summed E-state index contributed by atoms with van der Waals surface area (Å²) < 4.78 is 0. The molecule has 2 N–H and O–H groups in total. The number of aromatic nitrogens is 3. The van der Waals surface area contributed by atoms with Crippen LogP contribution in [0.25, 0.3) is 11.3 Å². The fourth-order valence-electron chi connectivity index (χ4n) is 2.10. The van der Waals surface area contributed by atoms with Crippen LogP contribution < -0.4 is 5.32 Å². The molecule has 3 aromatic rings. The van der Waals surface area contributed by atoms with E-state index in [1.54, 1.807) is 24.7 Å². The van der Waals surface area contributed by atoms with E-state index < -0.39 is 0 Å². The molecule has 0 radical (unpaired) electrons. The van der Waals surface area contributed by atoms with Crippen molar-refractivity contribution in [2.75, 3.05) is 5.32 Å². The first-order chi connectivity index (χ1) is 10.4. The van der Waals surface area contributed by atoms with Crippen molar-refractivity contribution in [3.8, 4) is 17.3 Å². The lowest BCUT2D eigenvalue weighted by Crippen LogP contribution is -2.00. The summed E-state index contributed by atoms with van der Waals surface area (Å²) in [6, 6.07) is 13.4. The fraction of sp³-hybridized carbons (Fsp3) is 0.0625. The van der Waals surface area contributed by atoms with Gasteiger partial charge in [0.15, 0.2) is 0 Å². The zero-order valence-corrected chi connectivity index (χ0v) is 11.2. The lowest BCUT2D eigenvalue weighted by molar-refractivity contribution is 1.09. The molecule has 0 saturated carbocycles. The Hall–Kier alpha value is -3.13. The van der Waals surface area contributed by atoms with Crippen LogP contribution in [-0.2, 0) is 6.54 Å². The molecule has 5 heteroatoms. The average molecular weight is 275 g/mol. The van der Waals surface area contributed by atoms with Crippen LogP contribution in [0.4, 0.5) is 5.69 Å². The second-order valence-electron chi connectivity index (χ2n) is 4.56. The summed E-state index contributed by atoms with van der Waals surface area (Å²) in [5.41, 5.74) is 4.54. The summed E-state index contributed by atoms with van der Waals surface area (Å²) in [5.74, 6) is 0. The van der Waals surface area contributed by atoms with Crippen LogP contribution in [0.5, 0.6) is 0 Å². The van der Waals surface area contributed by atoms with Gasteiger partial charge in [0.05, 0.1) is 23.5 Å². The first-order valence-electron chi connectivity index (χ1n) is 6.53. The third-order valence-corrected chi connectivity index (χ3v) is 3.14. The maximum atomic E-state index is 8.91. The molecule has 21 heavy (non-hydrogen) atoms. The summed E-state index contributed by atoms with van der Waals surface area (Å²) in [7, 11) is 0. The summed E-state index contributed by atoms with van der Waals surface area (Å²) in [6.07, 6.45) is 5.34. The summed E-state index contributed by atoms with van der Waals surface area (Å²) in [5, 5.41) is 19.3. The molecule has 0 amide bonds. The highest BCUT2D eigenvalue weighted by molar-refractivity contribution is 5.62. The Kier molecular flexibility index (Phi) is 3.61. The van der Waals surface area contributed by atoms with Crippen molar-refractivity contribution in [1.82, 2.24) is 15.2 Å². The van der Waals surface area contributed by atoms with Crippen LogP contribution in [-0.4, -0.2) is 15.2 Å². The Bertz CT molecular complexity index is 771. The first kappa shape index (κ1) is 12.9. The molecule has 0 aliphatic rings. The zero-order chi connectivity index (χ0) is 14.5. The van der Waals surface area contributed by atoms with E-state index in [1.807, 2.05) is 30.3 Å². The Morgan fingerprint density at radius 3 is 2.95 bits per heavy atom. The predicted octanol–water partition coefficient (Wildman–Crippen LogP) is 2.96. The van der Waals surface area contributed by atoms with Gasteiger partial charge in [-0.25, -0.2) is 0 Å². The highest BCUT2D eigenvalue weighted by Crippen LogP contribution is 2.21. The quantitative estimate of drug-likeness (QED) is 0.767. The summed E-state index contributed by atoms with van der Waals surface area (Å²) >= 11 is 0. The van der Waals surface area contributed by atoms with E-state index in [4.69, 9.17) is 5.26 Å². The monoisotopic (exact) mass is 275 g/mol. The van der Waals surface area contributed by atoms with Gasteiger partial charge in [-0.15, -0.1) is 0 Å². The molecule has 3 rings (SSSR count). The number of rotatable bonds is 4. The number of hydrogen-bond acceptors (Lipinski definition) is 4. The summed E-state index contributed by atoms with van der Waals surface area (Å²) in [4.78, 5) is 4.12. The smallest absolute Gasteiger partial charge is 0.0992 e. The number of nitriles is 1. The number of nitrogens with one attached hydrogen (secondary N) is 2. The maximum Gasteiger partial charge on any atom is 0.0992 e. The molecule has 0 unspecified atom stereocenters. The molecule has 2 heterocycles. The van der Waals surface area contributed by atoms with E-state index in [0.29, 0.717) is 12.1 Å². The van der Waals surface area contributed by atoms with Gasteiger partial charge >= 0.3 is 0 Å². The molecule has 1 aromatic carbocycles. The lowest BCUT2D eigenvalue weighted by atomic mass is 10.1.